The van der Waals surface area contributed by atoms with Crippen molar-refractivity contribution in [3.8, 4) is 0 Å². The van der Waals surface area contributed by atoms with Crippen LogP contribution in [-0.4, -0.2) is 63.4 Å². The van der Waals surface area contributed by atoms with Gasteiger partial charge in [0.05, 0.1) is 0 Å². The number of hydrogen-bond donors (Lipinski definition) is 1. The van der Waals surface area contributed by atoms with Crippen molar-refractivity contribution in [2.24, 2.45) is 5.92 Å². The summed E-state index contributed by atoms with van der Waals surface area (Å²) < 4.78 is 25.1. The Bertz CT molecular complexity index is 557. The Balaban J connectivity index is 1.94. The largest absolute Gasteiger partial charge is 0.370 e. The summed E-state index contributed by atoms with van der Waals surface area (Å²) in [7, 11) is 1.77. The molecule has 2 heterocycles. The van der Waals surface area contributed by atoms with Crippen LogP contribution in [0.4, 0.5) is 5.82 Å². The van der Waals surface area contributed by atoms with Crippen LogP contribution in [0.25, 0.3) is 0 Å². The van der Waals surface area contributed by atoms with Gasteiger partial charge in [-0.1, -0.05) is 0 Å². The second-order valence-corrected chi connectivity index (χ2v) is 7.97. The summed E-state index contributed by atoms with van der Waals surface area (Å²) in [6.07, 6.45) is 3.87. The maximum absolute atomic E-state index is 11.9. The smallest absolute Gasteiger partial charge is 0.244 e. The van der Waals surface area contributed by atoms with Crippen LogP contribution in [0, 0.1) is 5.92 Å². The van der Waals surface area contributed by atoms with Gasteiger partial charge in [-0.25, -0.2) is 17.7 Å². The molecular formula is C14H24N4O2S. The molecule has 21 heavy (non-hydrogen) atoms. The number of likely N-dealkylation sites (tertiary alicyclic amines) is 1. The van der Waals surface area contributed by atoms with E-state index in [1.807, 2.05) is 0 Å². The summed E-state index contributed by atoms with van der Waals surface area (Å²) in [5.74, 6) is 1.34. The Kier molecular flexibility index (Phi) is 5.18. The fraction of sp³-hybridized carbons (Fsp3) is 0.643. The molecule has 1 saturated heterocycles. The minimum atomic E-state index is -3.40. The van der Waals surface area contributed by atoms with Gasteiger partial charge in [0.1, 0.15) is 10.7 Å². The lowest BCUT2D eigenvalue weighted by Gasteiger charge is -2.29. The predicted molar refractivity (Wildman–Crippen MR) is 83.8 cm³/mol. The van der Waals surface area contributed by atoms with Crippen LogP contribution >= 0.6 is 0 Å². The van der Waals surface area contributed by atoms with E-state index in [9.17, 15) is 8.42 Å². The van der Waals surface area contributed by atoms with Crippen LogP contribution in [0.5, 0.6) is 0 Å². The number of nitrogens with zero attached hydrogens (tertiary/aromatic N) is 3. The van der Waals surface area contributed by atoms with Crippen LogP contribution < -0.4 is 5.32 Å². The monoisotopic (exact) mass is 312 g/mol. The third-order valence-corrected chi connectivity index (χ3v) is 5.61. The van der Waals surface area contributed by atoms with Crippen molar-refractivity contribution < 1.29 is 8.42 Å². The van der Waals surface area contributed by atoms with E-state index in [1.54, 1.807) is 12.1 Å². The van der Waals surface area contributed by atoms with Crippen LogP contribution in [0.1, 0.15) is 12.8 Å². The first-order valence-corrected chi connectivity index (χ1v) is 8.64. The Morgan fingerprint density at radius 1 is 1.43 bits per heavy atom. The molecule has 1 aliphatic heterocycles. The minimum Gasteiger partial charge on any atom is -0.370 e. The molecule has 0 spiro atoms. The van der Waals surface area contributed by atoms with E-state index in [4.69, 9.17) is 0 Å². The highest BCUT2D eigenvalue weighted by Gasteiger charge is 2.18. The molecule has 1 fully saturated rings. The van der Waals surface area contributed by atoms with Gasteiger partial charge in [0, 0.05) is 33.4 Å². The molecule has 2 rings (SSSR count). The summed E-state index contributed by atoms with van der Waals surface area (Å²) >= 11 is 0. The summed E-state index contributed by atoms with van der Waals surface area (Å²) in [6, 6.07) is 3.32. The van der Waals surface area contributed by atoms with Gasteiger partial charge in [-0.05, 0) is 44.5 Å². The van der Waals surface area contributed by atoms with Crippen molar-refractivity contribution >= 4 is 15.8 Å². The molecule has 1 aliphatic rings. The second kappa shape index (κ2) is 6.72. The first kappa shape index (κ1) is 16.2. The number of aromatic nitrogens is 1. The van der Waals surface area contributed by atoms with Gasteiger partial charge in [0.25, 0.3) is 0 Å². The molecule has 0 saturated carbocycles. The summed E-state index contributed by atoms with van der Waals surface area (Å²) in [5, 5.41) is 3.30. The molecule has 1 unspecified atom stereocenters. The zero-order chi connectivity index (χ0) is 15.5. The Hall–Kier alpha value is -1.18. The highest BCUT2D eigenvalue weighted by molar-refractivity contribution is 7.89. The van der Waals surface area contributed by atoms with E-state index in [2.05, 4.69) is 22.2 Å². The third kappa shape index (κ3) is 4.15. The van der Waals surface area contributed by atoms with Crippen molar-refractivity contribution in [2.75, 3.05) is 46.1 Å². The maximum Gasteiger partial charge on any atom is 0.244 e. The van der Waals surface area contributed by atoms with Crippen molar-refractivity contribution in [3.63, 3.8) is 0 Å². The zero-order valence-electron chi connectivity index (χ0n) is 12.9. The van der Waals surface area contributed by atoms with E-state index in [0.717, 1.165) is 18.9 Å². The fourth-order valence-electron chi connectivity index (χ4n) is 2.54. The molecule has 1 aromatic heterocycles. The molecule has 0 aromatic carbocycles. The standard InChI is InChI=1S/C14H24N4O2S/c1-17(2)21(19,20)13-6-7-14(16-10-13)15-9-12-5-4-8-18(3)11-12/h6-7,10,12H,4-5,8-9,11H2,1-3H3,(H,15,16). The quantitative estimate of drug-likeness (QED) is 0.881. The number of anilines is 1. The van der Waals surface area contributed by atoms with Gasteiger partial charge in [-0.15, -0.1) is 0 Å². The highest BCUT2D eigenvalue weighted by atomic mass is 32.2. The highest BCUT2D eigenvalue weighted by Crippen LogP contribution is 2.17. The SMILES string of the molecule is CN1CCCC(CNc2ccc(S(=O)(=O)N(C)C)cn2)C1. The van der Waals surface area contributed by atoms with Gasteiger partial charge in [0.2, 0.25) is 10.0 Å². The Morgan fingerprint density at radius 2 is 2.19 bits per heavy atom. The normalized spacial score (nSPS) is 20.7. The number of rotatable bonds is 5. The van der Waals surface area contributed by atoms with E-state index in [0.29, 0.717) is 5.92 Å². The van der Waals surface area contributed by atoms with Gasteiger partial charge in [-0.3, -0.25) is 0 Å². The molecule has 0 aliphatic carbocycles. The molecule has 0 radical (unpaired) electrons. The van der Waals surface area contributed by atoms with Crippen molar-refractivity contribution in [3.05, 3.63) is 18.3 Å². The van der Waals surface area contributed by atoms with Crippen molar-refractivity contribution in [2.45, 2.75) is 17.7 Å². The lowest BCUT2D eigenvalue weighted by atomic mass is 9.98. The number of pyridine rings is 1. The lowest BCUT2D eigenvalue weighted by Crippen LogP contribution is -2.35. The minimum absolute atomic E-state index is 0.218. The average molecular weight is 312 g/mol. The zero-order valence-corrected chi connectivity index (χ0v) is 13.7. The Morgan fingerprint density at radius 3 is 2.76 bits per heavy atom. The van der Waals surface area contributed by atoms with Crippen LogP contribution in [-0.2, 0) is 10.0 Å². The topological polar surface area (TPSA) is 65.5 Å². The number of piperidine rings is 1. The first-order chi connectivity index (χ1) is 9.89. The summed E-state index contributed by atoms with van der Waals surface area (Å²) in [6.45, 7) is 3.14. The van der Waals surface area contributed by atoms with Crippen LogP contribution in [0.3, 0.4) is 0 Å². The molecule has 118 valence electrons. The lowest BCUT2D eigenvalue weighted by molar-refractivity contribution is 0.217. The molecule has 1 atom stereocenters. The molecule has 6 nitrogen and oxygen atoms in total. The molecule has 0 bridgehead atoms. The summed E-state index contributed by atoms with van der Waals surface area (Å²) in [4.78, 5) is 6.76. The molecule has 1 N–H and O–H groups in total. The fourth-order valence-corrected chi connectivity index (χ4v) is 3.38. The predicted octanol–water partition coefficient (Wildman–Crippen LogP) is 1.09. The van der Waals surface area contributed by atoms with Gasteiger partial charge in [-0.2, -0.15) is 0 Å². The van der Waals surface area contributed by atoms with Crippen LogP contribution in [0.15, 0.2) is 23.2 Å². The van der Waals surface area contributed by atoms with E-state index in [1.165, 1.54) is 44.0 Å². The van der Waals surface area contributed by atoms with Crippen LogP contribution in [0.2, 0.25) is 0 Å². The Labute approximate surface area is 127 Å². The first-order valence-electron chi connectivity index (χ1n) is 7.20. The number of sulfonamides is 1. The molecule has 0 amide bonds. The molecule has 7 heteroatoms. The second-order valence-electron chi connectivity index (χ2n) is 5.82. The van der Waals surface area contributed by atoms with Crippen molar-refractivity contribution in [1.82, 2.24) is 14.2 Å². The third-order valence-electron chi connectivity index (χ3n) is 3.81. The van der Waals surface area contributed by atoms with Gasteiger partial charge in [0.15, 0.2) is 0 Å². The summed E-state index contributed by atoms with van der Waals surface area (Å²) in [5.41, 5.74) is 0. The van der Waals surface area contributed by atoms with Gasteiger partial charge < -0.3 is 10.2 Å². The van der Waals surface area contributed by atoms with E-state index < -0.39 is 10.0 Å². The molecule has 1 aromatic rings. The van der Waals surface area contributed by atoms with E-state index in [-0.39, 0.29) is 4.90 Å². The number of hydrogen-bond acceptors (Lipinski definition) is 5. The number of nitrogens with one attached hydrogen (secondary N) is 1. The van der Waals surface area contributed by atoms with Gasteiger partial charge >= 0.3 is 0 Å². The average Bonchev–Trinajstić information content (AvgIpc) is 2.45. The van der Waals surface area contributed by atoms with Crippen molar-refractivity contribution in [1.29, 1.82) is 0 Å². The molecular weight excluding hydrogens is 288 g/mol. The van der Waals surface area contributed by atoms with E-state index >= 15 is 0 Å². The maximum atomic E-state index is 11.9.